The highest BCUT2D eigenvalue weighted by atomic mass is 16.7. The average Bonchev–Trinajstić information content (AvgIpc) is 2.90. The van der Waals surface area contributed by atoms with Crippen LogP contribution in [0.3, 0.4) is 0 Å². The summed E-state index contributed by atoms with van der Waals surface area (Å²) in [6.07, 6.45) is -5.67. The molecule has 2 aromatic rings. The number of benzene rings is 2. The van der Waals surface area contributed by atoms with Crippen molar-refractivity contribution in [1.29, 1.82) is 0 Å². The van der Waals surface area contributed by atoms with Crippen LogP contribution >= 0.6 is 0 Å². The van der Waals surface area contributed by atoms with Crippen molar-refractivity contribution in [3.05, 3.63) is 51.6 Å². The Hall–Kier alpha value is -3.39. The van der Waals surface area contributed by atoms with E-state index < -0.39 is 84.4 Å². The van der Waals surface area contributed by atoms with Crippen LogP contribution in [-0.2, 0) is 16.0 Å². The van der Waals surface area contributed by atoms with Gasteiger partial charge >= 0.3 is 0 Å². The first-order valence-electron chi connectivity index (χ1n) is 12.4. The number of hydrogen-bond acceptors (Lipinski definition) is 12. The summed E-state index contributed by atoms with van der Waals surface area (Å²) in [5.74, 6) is -3.33. The summed E-state index contributed by atoms with van der Waals surface area (Å²) in [6, 6.07) is 3.65. The Kier molecular flexibility index (Phi) is 6.74. The van der Waals surface area contributed by atoms with Crippen LogP contribution in [0.1, 0.15) is 68.8 Å². The molecule has 0 bridgehead atoms. The van der Waals surface area contributed by atoms with Crippen LogP contribution in [0.25, 0.3) is 0 Å². The van der Waals surface area contributed by atoms with Gasteiger partial charge in [-0.25, -0.2) is 0 Å². The second kappa shape index (κ2) is 9.66. The number of methoxy groups -OCH3 is 1. The smallest absolute Gasteiger partial charge is 0.202 e. The number of rotatable bonds is 5. The Morgan fingerprint density at radius 2 is 1.90 bits per heavy atom. The number of carbonyl (C=O) groups excluding carboxylic acids is 3. The third kappa shape index (κ3) is 4.11. The zero-order chi connectivity index (χ0) is 28.4. The molecule has 208 valence electrons. The molecule has 0 saturated carbocycles. The van der Waals surface area contributed by atoms with Crippen LogP contribution in [0.5, 0.6) is 17.2 Å². The molecule has 0 amide bonds. The van der Waals surface area contributed by atoms with E-state index in [1.165, 1.54) is 25.3 Å². The number of fused-ring (bicyclic) bond motifs is 3. The highest BCUT2D eigenvalue weighted by Gasteiger charge is 2.49. The predicted octanol–water partition coefficient (Wildman–Crippen LogP) is -0.350. The van der Waals surface area contributed by atoms with Gasteiger partial charge in [0, 0.05) is 42.0 Å². The molecule has 1 heterocycles. The topological polar surface area (TPSA) is 206 Å². The van der Waals surface area contributed by atoms with Crippen molar-refractivity contribution in [2.75, 3.05) is 13.7 Å². The number of ketones is 3. The largest absolute Gasteiger partial charge is 0.507 e. The van der Waals surface area contributed by atoms with Gasteiger partial charge in [-0.1, -0.05) is 12.1 Å². The first-order chi connectivity index (χ1) is 18.4. The van der Waals surface area contributed by atoms with Crippen LogP contribution in [0.15, 0.2) is 18.2 Å². The molecular formula is C27H29NO11. The van der Waals surface area contributed by atoms with Crippen molar-refractivity contribution in [3.8, 4) is 17.2 Å². The molecule has 7 N–H and O–H groups in total. The lowest BCUT2D eigenvalue weighted by molar-refractivity contribution is -0.187. The third-order valence-electron chi connectivity index (χ3n) is 7.74. The van der Waals surface area contributed by atoms with Gasteiger partial charge in [0.15, 0.2) is 11.6 Å². The van der Waals surface area contributed by atoms with Gasteiger partial charge in [0.2, 0.25) is 12.1 Å². The number of phenolic OH excluding ortho intramolecular Hbond substituents is 1. The fourth-order valence-electron chi connectivity index (χ4n) is 5.70. The highest BCUT2D eigenvalue weighted by molar-refractivity contribution is 6.31. The van der Waals surface area contributed by atoms with E-state index in [2.05, 4.69) is 0 Å². The van der Waals surface area contributed by atoms with E-state index in [1.54, 1.807) is 6.92 Å². The van der Waals surface area contributed by atoms with Crippen molar-refractivity contribution in [2.45, 2.75) is 62.4 Å². The molecule has 0 radical (unpaired) electrons. The Morgan fingerprint density at radius 1 is 1.18 bits per heavy atom. The van der Waals surface area contributed by atoms with Gasteiger partial charge in [-0.3, -0.25) is 14.4 Å². The Bertz CT molecular complexity index is 1380. The predicted molar refractivity (Wildman–Crippen MR) is 132 cm³/mol. The second-order valence-electron chi connectivity index (χ2n) is 10.1. The van der Waals surface area contributed by atoms with Gasteiger partial charge in [-0.15, -0.1) is 0 Å². The van der Waals surface area contributed by atoms with E-state index in [0.717, 1.165) is 0 Å². The maximum absolute atomic E-state index is 14.0. The summed E-state index contributed by atoms with van der Waals surface area (Å²) in [7, 11) is 1.33. The van der Waals surface area contributed by atoms with E-state index in [4.69, 9.17) is 19.9 Å². The normalized spacial score (nSPS) is 29.8. The fourth-order valence-corrected chi connectivity index (χ4v) is 5.70. The molecule has 1 aliphatic heterocycles. The zero-order valence-electron chi connectivity index (χ0n) is 21.2. The van der Waals surface area contributed by atoms with Gasteiger partial charge in [-0.2, -0.15) is 0 Å². The minimum absolute atomic E-state index is 0.0129. The number of phenols is 1. The van der Waals surface area contributed by atoms with Crippen LogP contribution in [-0.4, -0.2) is 86.7 Å². The molecular weight excluding hydrogens is 514 g/mol. The second-order valence-corrected chi connectivity index (χ2v) is 10.1. The van der Waals surface area contributed by atoms with Crippen molar-refractivity contribution >= 4 is 17.3 Å². The minimum Gasteiger partial charge on any atom is -0.507 e. The number of Topliss-reactive ketones (excluding diaryl/α,β-unsaturated/α-hetero) is 1. The van der Waals surface area contributed by atoms with Crippen LogP contribution < -0.4 is 15.2 Å². The average molecular weight is 544 g/mol. The Labute approximate surface area is 222 Å². The molecule has 3 aliphatic rings. The number of aliphatic hydroxyl groups excluding tert-OH is 3. The van der Waals surface area contributed by atoms with Crippen molar-refractivity contribution in [2.24, 2.45) is 5.73 Å². The van der Waals surface area contributed by atoms with Crippen LogP contribution in [0.2, 0.25) is 0 Å². The van der Waals surface area contributed by atoms with Gasteiger partial charge in [0.1, 0.15) is 29.5 Å². The molecule has 0 aromatic heterocycles. The zero-order valence-corrected chi connectivity index (χ0v) is 21.2. The van der Waals surface area contributed by atoms with Gasteiger partial charge in [0.25, 0.3) is 0 Å². The molecule has 39 heavy (non-hydrogen) atoms. The van der Waals surface area contributed by atoms with Crippen molar-refractivity contribution in [1.82, 2.24) is 0 Å². The molecule has 6 atom stereocenters. The first kappa shape index (κ1) is 27.2. The van der Waals surface area contributed by atoms with Crippen LogP contribution in [0.4, 0.5) is 0 Å². The van der Waals surface area contributed by atoms with E-state index in [1.807, 2.05) is 0 Å². The number of hydrogen-bond donors (Lipinski definition) is 6. The van der Waals surface area contributed by atoms with Crippen molar-refractivity contribution in [3.63, 3.8) is 0 Å². The van der Waals surface area contributed by atoms with E-state index in [-0.39, 0.29) is 45.7 Å². The fraction of sp³-hybridized carbons (Fsp3) is 0.444. The molecule has 0 unspecified atom stereocenters. The monoisotopic (exact) mass is 543 g/mol. The lowest BCUT2D eigenvalue weighted by atomic mass is 9.72. The summed E-state index contributed by atoms with van der Waals surface area (Å²) in [6.45, 7) is 0.555. The number of aliphatic hydroxyl groups is 4. The lowest BCUT2D eigenvalue weighted by Crippen LogP contribution is -2.52. The number of nitrogens with two attached hydrogens (primary N) is 1. The van der Waals surface area contributed by atoms with E-state index in [0.29, 0.717) is 0 Å². The molecule has 0 spiro atoms. The molecule has 12 nitrogen and oxygen atoms in total. The summed E-state index contributed by atoms with van der Waals surface area (Å²) in [5, 5.41) is 53.1. The Morgan fingerprint density at radius 3 is 2.54 bits per heavy atom. The number of aromatic hydroxyl groups is 1. The standard InChI is InChI=1S/C27H29NO11/c1-10-22(32)13(28)6-17(38-10)39-26-18-12(7-27(36,8-14(18)30)16(31)9-29)24(34)20-21(26)25(35)19-11(23(20)33)4-3-5-15(19)37-2/h3-5,10,13-14,17,22,29-30,32,34,36H,6-9,28H2,1-2H3/t10-,13-,14-,17-,22+,27-/m0/s1. The summed E-state index contributed by atoms with van der Waals surface area (Å²) < 4.78 is 17.2. The summed E-state index contributed by atoms with van der Waals surface area (Å²) in [5.41, 5.74) is 2.60. The first-order valence-corrected chi connectivity index (χ1v) is 12.4. The minimum atomic E-state index is -2.25. The number of carbonyl (C=O) groups is 3. The molecule has 2 aliphatic carbocycles. The molecule has 1 saturated heterocycles. The maximum Gasteiger partial charge on any atom is 0.202 e. The SMILES string of the molecule is COc1cccc2c1C(=O)c1c(O[C@H]3C[C@H](N)[C@H](O)[C@H](C)O3)c3c(c(O)c1C2=O)C[C@@](O)(C(=O)CO)C[C@@H]3O. The summed E-state index contributed by atoms with van der Waals surface area (Å²) in [4.78, 5) is 40.1. The highest BCUT2D eigenvalue weighted by Crippen LogP contribution is 2.52. The van der Waals surface area contributed by atoms with Gasteiger partial charge < -0.3 is 45.5 Å². The summed E-state index contributed by atoms with van der Waals surface area (Å²) >= 11 is 0. The molecule has 1 fully saturated rings. The molecule has 12 heteroatoms. The van der Waals surface area contributed by atoms with Crippen LogP contribution in [0, 0.1) is 0 Å². The lowest BCUT2D eigenvalue weighted by Gasteiger charge is -2.40. The van der Waals surface area contributed by atoms with E-state index >= 15 is 0 Å². The van der Waals surface area contributed by atoms with Gasteiger partial charge in [-0.05, 0) is 13.0 Å². The van der Waals surface area contributed by atoms with Crippen molar-refractivity contribution < 1.29 is 54.1 Å². The molecule has 5 rings (SSSR count). The quantitative estimate of drug-likeness (QED) is 0.244. The van der Waals surface area contributed by atoms with E-state index in [9.17, 15) is 39.9 Å². The number of ether oxygens (including phenoxy) is 3. The Balaban J connectivity index is 1.76. The maximum atomic E-state index is 14.0. The third-order valence-corrected chi connectivity index (χ3v) is 7.74. The molecule has 2 aromatic carbocycles. The van der Waals surface area contributed by atoms with Gasteiger partial charge in [0.05, 0.1) is 42.1 Å².